The van der Waals surface area contributed by atoms with Crippen molar-refractivity contribution in [3.05, 3.63) is 194 Å². The second-order valence-corrected chi connectivity index (χ2v) is 14.0. The van der Waals surface area contributed by atoms with Crippen LogP contribution in [0.15, 0.2) is 199 Å². The number of aromatic nitrogens is 4. The Morgan fingerprint density at radius 1 is 0.339 bits per heavy atom. The molecule has 0 aliphatic heterocycles. The molecule has 0 fully saturated rings. The summed E-state index contributed by atoms with van der Waals surface area (Å²) >= 11 is 0. The monoisotopic (exact) mass is 716 g/mol. The van der Waals surface area contributed by atoms with Crippen molar-refractivity contribution in [2.24, 2.45) is 0 Å². The zero-order valence-corrected chi connectivity index (χ0v) is 30.2. The molecule has 0 aliphatic carbocycles. The number of hydrogen-bond acceptors (Lipinski definition) is 4. The third-order valence-electron chi connectivity index (χ3n) is 10.6. The van der Waals surface area contributed by atoms with Crippen LogP contribution in [0, 0.1) is 0 Å². The Morgan fingerprint density at radius 2 is 0.893 bits per heavy atom. The maximum Gasteiger partial charge on any atom is 0.167 e. The highest BCUT2D eigenvalue weighted by atomic mass is 16.3. The van der Waals surface area contributed by atoms with E-state index in [1.54, 1.807) is 0 Å². The molecule has 262 valence electrons. The van der Waals surface area contributed by atoms with E-state index in [0.717, 1.165) is 72.0 Å². The molecule has 0 saturated carbocycles. The highest BCUT2D eigenvalue weighted by molar-refractivity contribution is 6.13. The summed E-state index contributed by atoms with van der Waals surface area (Å²) in [5.74, 6) is 1.72. The van der Waals surface area contributed by atoms with Gasteiger partial charge in [-0.2, -0.15) is 0 Å². The molecule has 3 aromatic heterocycles. The van der Waals surface area contributed by atoms with Gasteiger partial charge in [0.2, 0.25) is 0 Å². The standard InChI is InChI=1S/C51H32N4O/c1-4-15-33(16-5-1)36-21-14-22-38(29-36)50-52-49(35-19-8-3-9-20-35)53-51(54-50)44-32-39(31-43-42-24-11-13-26-47(42)56-48(43)44)55-45-25-12-10-23-40(45)41-28-27-37(30-46(41)55)34-17-6-2-7-18-34/h1-32H. The molecule has 0 aliphatic rings. The first-order valence-electron chi connectivity index (χ1n) is 18.8. The predicted molar refractivity (Wildman–Crippen MR) is 229 cm³/mol. The van der Waals surface area contributed by atoms with Crippen molar-refractivity contribution >= 4 is 43.7 Å². The summed E-state index contributed by atoms with van der Waals surface area (Å²) in [4.78, 5) is 15.6. The fraction of sp³-hybridized carbons (Fsp3) is 0. The van der Waals surface area contributed by atoms with E-state index in [1.165, 1.54) is 16.3 Å². The van der Waals surface area contributed by atoms with Gasteiger partial charge in [-0.25, -0.2) is 15.0 Å². The van der Waals surface area contributed by atoms with E-state index >= 15 is 0 Å². The molecule has 5 nitrogen and oxygen atoms in total. The van der Waals surface area contributed by atoms with Crippen molar-refractivity contribution in [3.63, 3.8) is 0 Å². The molecular weight excluding hydrogens is 685 g/mol. The fourth-order valence-corrected chi connectivity index (χ4v) is 7.98. The molecule has 0 unspecified atom stereocenters. The third-order valence-corrected chi connectivity index (χ3v) is 10.6. The molecule has 0 N–H and O–H groups in total. The van der Waals surface area contributed by atoms with Gasteiger partial charge in [0.15, 0.2) is 17.5 Å². The van der Waals surface area contributed by atoms with Crippen LogP contribution in [0.5, 0.6) is 0 Å². The molecule has 3 heterocycles. The number of nitrogens with zero attached hydrogens (tertiary/aromatic N) is 4. The lowest BCUT2D eigenvalue weighted by atomic mass is 10.0. The molecule has 0 bridgehead atoms. The van der Waals surface area contributed by atoms with Crippen molar-refractivity contribution in [1.82, 2.24) is 19.5 Å². The number of para-hydroxylation sites is 2. The first-order chi connectivity index (χ1) is 27.7. The topological polar surface area (TPSA) is 56.7 Å². The molecule has 0 atom stereocenters. The number of fused-ring (bicyclic) bond motifs is 6. The van der Waals surface area contributed by atoms with E-state index in [1.807, 2.05) is 48.5 Å². The molecule has 5 heteroatoms. The van der Waals surface area contributed by atoms with Gasteiger partial charge in [0.05, 0.1) is 16.6 Å². The van der Waals surface area contributed by atoms with E-state index in [9.17, 15) is 0 Å². The van der Waals surface area contributed by atoms with Crippen LogP contribution in [-0.2, 0) is 0 Å². The number of rotatable bonds is 6. The van der Waals surface area contributed by atoms with Gasteiger partial charge < -0.3 is 8.98 Å². The van der Waals surface area contributed by atoms with E-state index in [4.69, 9.17) is 19.4 Å². The van der Waals surface area contributed by atoms with Crippen molar-refractivity contribution < 1.29 is 4.42 Å². The molecule has 0 radical (unpaired) electrons. The van der Waals surface area contributed by atoms with Crippen LogP contribution in [0.1, 0.15) is 0 Å². The van der Waals surface area contributed by atoms with E-state index < -0.39 is 0 Å². The van der Waals surface area contributed by atoms with Crippen LogP contribution in [0.2, 0.25) is 0 Å². The zero-order chi connectivity index (χ0) is 37.0. The normalized spacial score (nSPS) is 11.6. The highest BCUT2D eigenvalue weighted by Gasteiger charge is 2.22. The molecule has 56 heavy (non-hydrogen) atoms. The summed E-state index contributed by atoms with van der Waals surface area (Å²) in [5, 5.41) is 4.40. The summed E-state index contributed by atoms with van der Waals surface area (Å²) in [6.07, 6.45) is 0. The molecular formula is C51H32N4O. The van der Waals surface area contributed by atoms with Gasteiger partial charge in [-0.1, -0.05) is 158 Å². The summed E-state index contributed by atoms with van der Waals surface area (Å²) in [6.45, 7) is 0. The number of hydrogen-bond donors (Lipinski definition) is 0. The molecule has 0 spiro atoms. The summed E-state index contributed by atoms with van der Waals surface area (Å²) in [7, 11) is 0. The average molecular weight is 717 g/mol. The minimum atomic E-state index is 0.538. The second-order valence-electron chi connectivity index (χ2n) is 14.0. The van der Waals surface area contributed by atoms with E-state index in [2.05, 4.69) is 150 Å². The number of furan rings is 1. The van der Waals surface area contributed by atoms with Crippen molar-refractivity contribution in [2.75, 3.05) is 0 Å². The predicted octanol–water partition coefficient (Wildman–Crippen LogP) is 13.2. The van der Waals surface area contributed by atoms with Crippen LogP contribution >= 0.6 is 0 Å². The Hall–Kier alpha value is -7.63. The molecule has 0 amide bonds. The van der Waals surface area contributed by atoms with E-state index in [-0.39, 0.29) is 0 Å². The van der Waals surface area contributed by atoms with Crippen LogP contribution in [0.25, 0.3) is 106 Å². The Balaban J connectivity index is 1.20. The Kier molecular flexibility index (Phi) is 7.42. The fourth-order valence-electron chi connectivity index (χ4n) is 7.98. The van der Waals surface area contributed by atoms with Crippen molar-refractivity contribution in [1.29, 1.82) is 0 Å². The number of benzene rings is 8. The first kappa shape index (κ1) is 31.9. The van der Waals surface area contributed by atoms with Crippen LogP contribution in [0.4, 0.5) is 0 Å². The van der Waals surface area contributed by atoms with Gasteiger partial charge in [0.1, 0.15) is 11.2 Å². The van der Waals surface area contributed by atoms with Crippen LogP contribution in [-0.4, -0.2) is 19.5 Å². The third kappa shape index (κ3) is 5.37. The van der Waals surface area contributed by atoms with Gasteiger partial charge in [0, 0.05) is 38.4 Å². The van der Waals surface area contributed by atoms with Crippen LogP contribution < -0.4 is 0 Å². The zero-order valence-electron chi connectivity index (χ0n) is 30.2. The quantitative estimate of drug-likeness (QED) is 0.172. The van der Waals surface area contributed by atoms with Gasteiger partial charge in [-0.3, -0.25) is 0 Å². The van der Waals surface area contributed by atoms with Crippen LogP contribution in [0.3, 0.4) is 0 Å². The van der Waals surface area contributed by atoms with Gasteiger partial charge >= 0.3 is 0 Å². The lowest BCUT2D eigenvalue weighted by Gasteiger charge is -2.13. The largest absolute Gasteiger partial charge is 0.455 e. The SMILES string of the molecule is c1ccc(-c2cccc(-c3nc(-c4ccccc4)nc(-c4cc(-n5c6ccccc6c6ccc(-c7ccccc7)cc65)cc5c4oc4ccccc45)n3)c2)cc1. The lowest BCUT2D eigenvalue weighted by Crippen LogP contribution is -2.02. The lowest BCUT2D eigenvalue weighted by molar-refractivity contribution is 0.669. The Labute approximate surface area is 322 Å². The summed E-state index contributed by atoms with van der Waals surface area (Å²) in [6, 6.07) is 67.5. The second kappa shape index (κ2) is 13.0. The molecule has 11 aromatic rings. The summed E-state index contributed by atoms with van der Waals surface area (Å²) < 4.78 is 9.09. The van der Waals surface area contributed by atoms with Gasteiger partial charge in [0.25, 0.3) is 0 Å². The molecule has 0 saturated heterocycles. The van der Waals surface area contributed by atoms with Gasteiger partial charge in [-0.05, 0) is 58.7 Å². The first-order valence-corrected chi connectivity index (χ1v) is 18.8. The maximum absolute atomic E-state index is 6.72. The van der Waals surface area contributed by atoms with Gasteiger partial charge in [-0.15, -0.1) is 0 Å². The van der Waals surface area contributed by atoms with Crippen molar-refractivity contribution in [2.45, 2.75) is 0 Å². The Bertz CT molecular complexity index is 3240. The summed E-state index contributed by atoms with van der Waals surface area (Å²) in [5.41, 5.74) is 11.9. The van der Waals surface area contributed by atoms with Crippen molar-refractivity contribution in [3.8, 4) is 62.1 Å². The highest BCUT2D eigenvalue weighted by Crippen LogP contribution is 2.41. The molecule has 11 rings (SSSR count). The molecule has 8 aromatic carbocycles. The maximum atomic E-state index is 6.72. The minimum absolute atomic E-state index is 0.538. The average Bonchev–Trinajstić information content (AvgIpc) is 3.82. The minimum Gasteiger partial charge on any atom is -0.455 e. The van der Waals surface area contributed by atoms with E-state index in [0.29, 0.717) is 17.5 Å². The Morgan fingerprint density at radius 3 is 1.64 bits per heavy atom. The smallest absolute Gasteiger partial charge is 0.167 e.